The van der Waals surface area contributed by atoms with E-state index in [0.717, 1.165) is 70.6 Å². The Morgan fingerprint density at radius 3 is 1.15 bits per heavy atom. The van der Waals surface area contributed by atoms with Crippen molar-refractivity contribution in [3.8, 4) is 0 Å². The van der Waals surface area contributed by atoms with Crippen LogP contribution in [0.25, 0.3) is 0 Å². The summed E-state index contributed by atoms with van der Waals surface area (Å²) in [6, 6.07) is 0. The Labute approximate surface area is 385 Å². The summed E-state index contributed by atoms with van der Waals surface area (Å²) < 4.78 is 17.4. The molecule has 5 heteroatoms. The second kappa shape index (κ2) is 52.9. The van der Waals surface area contributed by atoms with Crippen LogP contribution < -0.4 is 0 Å². The number of esters is 2. The maximum absolute atomic E-state index is 12.8. The van der Waals surface area contributed by atoms with Crippen molar-refractivity contribution in [1.29, 1.82) is 0 Å². The minimum absolute atomic E-state index is 0.0594. The van der Waals surface area contributed by atoms with Crippen molar-refractivity contribution < 1.29 is 23.8 Å². The Morgan fingerprint density at radius 2 is 0.726 bits per heavy atom. The molecule has 0 rings (SSSR count). The van der Waals surface area contributed by atoms with Crippen LogP contribution in [-0.4, -0.2) is 37.9 Å². The van der Waals surface area contributed by atoms with Crippen molar-refractivity contribution in [3.63, 3.8) is 0 Å². The largest absolute Gasteiger partial charge is 0.462 e. The molecule has 0 aromatic rings. The summed E-state index contributed by atoms with van der Waals surface area (Å²) in [5.41, 5.74) is 0. The predicted octanol–water partition coefficient (Wildman–Crippen LogP) is 18.1. The molecule has 1 atom stereocenters. The Balaban J connectivity index is 4.33. The van der Waals surface area contributed by atoms with Gasteiger partial charge in [-0.1, -0.05) is 255 Å². The molecule has 0 amide bonds. The summed E-state index contributed by atoms with van der Waals surface area (Å²) in [6.07, 6.45) is 66.6. The van der Waals surface area contributed by atoms with E-state index in [2.05, 4.69) is 81.5 Å². The number of hydrogen-bond acceptors (Lipinski definition) is 5. The third-order valence-corrected chi connectivity index (χ3v) is 11.6. The van der Waals surface area contributed by atoms with E-state index in [1.807, 2.05) is 0 Å². The van der Waals surface area contributed by atoms with Crippen LogP contribution in [0.5, 0.6) is 0 Å². The van der Waals surface area contributed by atoms with E-state index in [1.54, 1.807) is 0 Å². The molecule has 5 nitrogen and oxygen atoms in total. The molecule has 0 N–H and O–H groups in total. The van der Waals surface area contributed by atoms with Crippen molar-refractivity contribution in [2.75, 3.05) is 19.8 Å². The van der Waals surface area contributed by atoms with Gasteiger partial charge in [-0.25, -0.2) is 0 Å². The highest BCUT2D eigenvalue weighted by Crippen LogP contribution is 2.16. The third kappa shape index (κ3) is 50.2. The minimum Gasteiger partial charge on any atom is -0.462 e. The highest BCUT2D eigenvalue weighted by atomic mass is 16.6. The molecule has 0 aliphatic rings. The summed E-state index contributed by atoms with van der Waals surface area (Å²) in [4.78, 5) is 25.4. The van der Waals surface area contributed by atoms with Gasteiger partial charge in [0.2, 0.25) is 0 Å². The normalized spacial score (nSPS) is 12.6. The molecule has 0 bridgehead atoms. The molecule has 0 radical (unpaired) electrons. The van der Waals surface area contributed by atoms with Gasteiger partial charge < -0.3 is 14.2 Å². The van der Waals surface area contributed by atoms with Gasteiger partial charge in [0, 0.05) is 19.4 Å². The van der Waals surface area contributed by atoms with Crippen molar-refractivity contribution in [2.24, 2.45) is 0 Å². The van der Waals surface area contributed by atoms with Crippen molar-refractivity contribution in [1.82, 2.24) is 0 Å². The lowest BCUT2D eigenvalue weighted by molar-refractivity contribution is -0.163. The summed E-state index contributed by atoms with van der Waals surface area (Å²) in [7, 11) is 0. The maximum atomic E-state index is 12.8. The van der Waals surface area contributed by atoms with Gasteiger partial charge >= 0.3 is 11.9 Å². The molecule has 360 valence electrons. The SMILES string of the molecule is CC/C=C\C/C=C\C/C=C\C/C=C\C/C=C\CCCC(=O)OCC(COCCCCCCCCCCCCCCCC)OC(=O)CCCCCCCCCCCCCCCCC. The molecule has 0 heterocycles. The van der Waals surface area contributed by atoms with E-state index in [0.29, 0.717) is 19.4 Å². The summed E-state index contributed by atoms with van der Waals surface area (Å²) in [5.74, 6) is -0.452. The number of rotatable bonds is 49. The number of carbonyl (C=O) groups excluding carboxylic acids is 2. The second-order valence-electron chi connectivity index (χ2n) is 17.8. The van der Waals surface area contributed by atoms with Crippen LogP contribution in [0.4, 0.5) is 0 Å². The van der Waals surface area contributed by atoms with Crippen LogP contribution in [0.1, 0.15) is 265 Å². The van der Waals surface area contributed by atoms with Crippen molar-refractivity contribution in [2.45, 2.75) is 271 Å². The zero-order chi connectivity index (χ0) is 44.9. The topological polar surface area (TPSA) is 61.8 Å². The van der Waals surface area contributed by atoms with E-state index in [4.69, 9.17) is 14.2 Å². The van der Waals surface area contributed by atoms with Gasteiger partial charge in [-0.05, 0) is 57.8 Å². The summed E-state index contributed by atoms with van der Waals surface area (Å²) >= 11 is 0. The predicted molar refractivity (Wildman–Crippen MR) is 270 cm³/mol. The number of allylic oxidation sites excluding steroid dienone is 10. The van der Waals surface area contributed by atoms with Gasteiger partial charge in [-0.15, -0.1) is 0 Å². The van der Waals surface area contributed by atoms with Gasteiger partial charge in [0.05, 0.1) is 6.61 Å². The molecule has 1 unspecified atom stereocenters. The Bertz CT molecular complexity index is 1070. The van der Waals surface area contributed by atoms with Crippen molar-refractivity contribution >= 4 is 11.9 Å². The Morgan fingerprint density at radius 1 is 0.371 bits per heavy atom. The molecule has 0 aliphatic heterocycles. The number of ether oxygens (including phenoxy) is 3. The van der Waals surface area contributed by atoms with Crippen LogP contribution >= 0.6 is 0 Å². The van der Waals surface area contributed by atoms with Crippen LogP contribution in [0, 0.1) is 0 Å². The first-order valence-electron chi connectivity index (χ1n) is 26.8. The number of carbonyl (C=O) groups is 2. The van der Waals surface area contributed by atoms with Crippen LogP contribution in [0.3, 0.4) is 0 Å². The number of unbranched alkanes of at least 4 members (excludes halogenated alkanes) is 28. The minimum atomic E-state index is -0.555. The van der Waals surface area contributed by atoms with E-state index in [1.165, 1.54) is 161 Å². The lowest BCUT2D eigenvalue weighted by atomic mass is 10.0. The fraction of sp³-hybridized carbons (Fsp3) is 0.789. The monoisotopic (exact) mass is 867 g/mol. The fourth-order valence-corrected chi connectivity index (χ4v) is 7.61. The fourth-order valence-electron chi connectivity index (χ4n) is 7.61. The van der Waals surface area contributed by atoms with E-state index < -0.39 is 6.10 Å². The van der Waals surface area contributed by atoms with Crippen LogP contribution in [-0.2, 0) is 23.8 Å². The Hall–Kier alpha value is -2.40. The molecule has 0 fully saturated rings. The average molecular weight is 867 g/mol. The van der Waals surface area contributed by atoms with Gasteiger partial charge in [0.15, 0.2) is 6.10 Å². The molecule has 62 heavy (non-hydrogen) atoms. The molecule has 0 saturated carbocycles. The van der Waals surface area contributed by atoms with Gasteiger partial charge in [0.1, 0.15) is 6.61 Å². The first-order chi connectivity index (χ1) is 30.6. The highest BCUT2D eigenvalue weighted by molar-refractivity contribution is 5.70. The van der Waals surface area contributed by atoms with Crippen LogP contribution in [0.2, 0.25) is 0 Å². The van der Waals surface area contributed by atoms with E-state index in [9.17, 15) is 9.59 Å². The van der Waals surface area contributed by atoms with E-state index >= 15 is 0 Å². The standard InChI is InChI=1S/C57H102O5/c1-4-7-10-13-16-19-22-25-28-29-31-32-35-38-41-44-47-50-56(58)61-54-55(53-60-52-49-46-43-40-37-34-27-24-21-18-15-12-9-6-3)62-57(59)51-48-45-42-39-36-33-30-26-23-20-17-14-11-8-5-2/h7,10,16,19,25,28,31-32,38,41,55H,4-6,8-9,11-15,17-18,20-24,26-27,29-30,33-37,39-40,42-54H2,1-3H3/b10-7-,19-16-,28-25-,32-31-,41-38-. The Kier molecular flexibility index (Phi) is 50.9. The third-order valence-electron chi connectivity index (χ3n) is 11.6. The molecule has 0 saturated heterocycles. The molecular weight excluding hydrogens is 765 g/mol. The zero-order valence-electron chi connectivity index (χ0n) is 41.4. The smallest absolute Gasteiger partial charge is 0.306 e. The average Bonchev–Trinajstić information content (AvgIpc) is 3.27. The van der Waals surface area contributed by atoms with Crippen molar-refractivity contribution in [3.05, 3.63) is 60.8 Å². The quantitative estimate of drug-likeness (QED) is 0.0346. The lowest BCUT2D eigenvalue weighted by Gasteiger charge is -2.18. The van der Waals surface area contributed by atoms with Gasteiger partial charge in [-0.3, -0.25) is 9.59 Å². The first-order valence-corrected chi connectivity index (χ1v) is 26.8. The first kappa shape index (κ1) is 59.6. The lowest BCUT2D eigenvalue weighted by Crippen LogP contribution is -2.30. The zero-order valence-corrected chi connectivity index (χ0v) is 41.4. The van der Waals surface area contributed by atoms with E-state index in [-0.39, 0.29) is 25.2 Å². The molecule has 0 aromatic heterocycles. The molecule has 0 aromatic carbocycles. The summed E-state index contributed by atoms with van der Waals surface area (Å²) in [6.45, 7) is 7.70. The highest BCUT2D eigenvalue weighted by Gasteiger charge is 2.17. The summed E-state index contributed by atoms with van der Waals surface area (Å²) in [5, 5.41) is 0. The number of hydrogen-bond donors (Lipinski definition) is 0. The van der Waals surface area contributed by atoms with Crippen LogP contribution in [0.15, 0.2) is 60.8 Å². The molecular formula is C57H102O5. The molecule has 0 spiro atoms. The molecule has 0 aliphatic carbocycles. The van der Waals surface area contributed by atoms with Gasteiger partial charge in [0.25, 0.3) is 0 Å². The second-order valence-corrected chi connectivity index (χ2v) is 17.8. The van der Waals surface area contributed by atoms with Gasteiger partial charge in [-0.2, -0.15) is 0 Å². The maximum Gasteiger partial charge on any atom is 0.306 e.